The van der Waals surface area contributed by atoms with E-state index in [2.05, 4.69) is 10.5 Å². The van der Waals surface area contributed by atoms with Gasteiger partial charge in [-0.05, 0) is 19.1 Å². The Kier molecular flexibility index (Phi) is 5.43. The number of hydrogen-bond acceptors (Lipinski definition) is 5. The van der Waals surface area contributed by atoms with E-state index in [9.17, 15) is 9.59 Å². The average molecular weight is 234 g/mol. The number of anilines is 1. The van der Waals surface area contributed by atoms with Gasteiger partial charge < -0.3 is 9.53 Å². The van der Waals surface area contributed by atoms with E-state index in [-0.39, 0.29) is 18.7 Å². The Morgan fingerprint density at radius 1 is 1.41 bits per heavy atom. The van der Waals surface area contributed by atoms with Crippen LogP contribution in [0.3, 0.4) is 0 Å². The molecule has 0 aromatic heterocycles. The molecule has 1 aromatic carbocycles. The van der Waals surface area contributed by atoms with Crippen LogP contribution in [-0.4, -0.2) is 24.6 Å². The average Bonchev–Trinajstić information content (AvgIpc) is 2.36. The van der Waals surface area contributed by atoms with Crippen molar-refractivity contribution < 1.29 is 14.3 Å². The van der Waals surface area contributed by atoms with E-state index in [0.29, 0.717) is 6.29 Å². The van der Waals surface area contributed by atoms with Gasteiger partial charge in [0.2, 0.25) is 0 Å². The van der Waals surface area contributed by atoms with Gasteiger partial charge in [0.1, 0.15) is 6.29 Å². The Balaban J connectivity index is 2.70. The molecule has 0 saturated carbocycles. The van der Waals surface area contributed by atoms with Crippen LogP contribution in [0.5, 0.6) is 0 Å². The van der Waals surface area contributed by atoms with Crippen molar-refractivity contribution in [3.05, 3.63) is 30.3 Å². The molecule has 0 saturated heterocycles. The molecule has 90 valence electrons. The van der Waals surface area contributed by atoms with E-state index < -0.39 is 5.97 Å². The van der Waals surface area contributed by atoms with Crippen molar-refractivity contribution in [2.75, 3.05) is 12.0 Å². The Labute approximate surface area is 99.5 Å². The molecule has 0 radical (unpaired) electrons. The number of nitrogens with one attached hydrogen (secondary N) is 1. The summed E-state index contributed by atoms with van der Waals surface area (Å²) >= 11 is 0. The first-order valence-electron chi connectivity index (χ1n) is 5.26. The first-order chi connectivity index (χ1) is 8.27. The zero-order valence-electron chi connectivity index (χ0n) is 9.55. The summed E-state index contributed by atoms with van der Waals surface area (Å²) in [5.41, 5.74) is 3.49. The van der Waals surface area contributed by atoms with E-state index in [0.717, 1.165) is 5.69 Å². The lowest BCUT2D eigenvalue weighted by atomic mass is 10.3. The molecule has 0 aliphatic heterocycles. The number of hydrazone groups is 1. The SMILES string of the molecule is CCOC(=O)C(CC=O)=NNc1ccccc1. The molecule has 0 atom stereocenters. The summed E-state index contributed by atoms with van der Waals surface area (Å²) in [6.45, 7) is 1.95. The van der Waals surface area contributed by atoms with Gasteiger partial charge in [-0.15, -0.1) is 0 Å². The van der Waals surface area contributed by atoms with Crippen molar-refractivity contribution in [3.63, 3.8) is 0 Å². The fourth-order valence-electron chi connectivity index (χ4n) is 1.11. The maximum Gasteiger partial charge on any atom is 0.354 e. The zero-order valence-corrected chi connectivity index (χ0v) is 9.55. The Morgan fingerprint density at radius 3 is 2.71 bits per heavy atom. The molecule has 0 fully saturated rings. The number of benzene rings is 1. The monoisotopic (exact) mass is 234 g/mol. The van der Waals surface area contributed by atoms with E-state index in [1.54, 1.807) is 19.1 Å². The van der Waals surface area contributed by atoms with Gasteiger partial charge in [-0.1, -0.05) is 18.2 Å². The number of ether oxygens (including phenoxy) is 1. The number of nitrogens with zero attached hydrogens (tertiary/aromatic N) is 1. The van der Waals surface area contributed by atoms with Gasteiger partial charge in [0.25, 0.3) is 0 Å². The second kappa shape index (κ2) is 7.16. The molecule has 0 spiro atoms. The van der Waals surface area contributed by atoms with Crippen LogP contribution in [0.1, 0.15) is 13.3 Å². The number of rotatable bonds is 6. The van der Waals surface area contributed by atoms with Gasteiger partial charge in [-0.3, -0.25) is 5.43 Å². The molecule has 0 amide bonds. The second-order valence-corrected chi connectivity index (χ2v) is 3.13. The number of carbonyl (C=O) groups excluding carboxylic acids is 2. The summed E-state index contributed by atoms with van der Waals surface area (Å²) in [6, 6.07) is 9.14. The van der Waals surface area contributed by atoms with E-state index in [1.165, 1.54) is 0 Å². The van der Waals surface area contributed by atoms with Crippen LogP contribution in [0.4, 0.5) is 5.69 Å². The van der Waals surface area contributed by atoms with Gasteiger partial charge in [0.15, 0.2) is 5.71 Å². The van der Waals surface area contributed by atoms with E-state index in [4.69, 9.17) is 4.74 Å². The van der Waals surface area contributed by atoms with Crippen LogP contribution in [0, 0.1) is 0 Å². The normalized spacial score (nSPS) is 10.8. The fraction of sp³-hybridized carbons (Fsp3) is 0.250. The zero-order chi connectivity index (χ0) is 12.5. The summed E-state index contributed by atoms with van der Waals surface area (Å²) < 4.78 is 4.78. The highest BCUT2D eigenvalue weighted by molar-refractivity contribution is 6.38. The van der Waals surface area contributed by atoms with Crippen molar-refractivity contribution in [3.8, 4) is 0 Å². The molecule has 1 N–H and O–H groups in total. The van der Waals surface area contributed by atoms with Gasteiger partial charge in [-0.25, -0.2) is 4.79 Å². The van der Waals surface area contributed by atoms with Gasteiger partial charge >= 0.3 is 5.97 Å². The fourth-order valence-corrected chi connectivity index (χ4v) is 1.11. The molecule has 0 unspecified atom stereocenters. The third-order valence-corrected chi connectivity index (χ3v) is 1.88. The maximum atomic E-state index is 11.4. The van der Waals surface area contributed by atoms with E-state index >= 15 is 0 Å². The van der Waals surface area contributed by atoms with Crippen molar-refractivity contribution in [2.45, 2.75) is 13.3 Å². The lowest BCUT2D eigenvalue weighted by Crippen LogP contribution is -2.19. The molecule has 1 aromatic rings. The van der Waals surface area contributed by atoms with E-state index in [1.807, 2.05) is 18.2 Å². The van der Waals surface area contributed by atoms with Crippen molar-refractivity contribution in [1.29, 1.82) is 0 Å². The predicted octanol–water partition coefficient (Wildman–Crippen LogP) is 1.61. The highest BCUT2D eigenvalue weighted by Crippen LogP contribution is 2.05. The molecule has 0 aliphatic rings. The van der Waals surface area contributed by atoms with Crippen molar-refractivity contribution >= 4 is 23.7 Å². The molecule has 0 heterocycles. The molecule has 0 bridgehead atoms. The van der Waals surface area contributed by atoms with Crippen LogP contribution < -0.4 is 5.43 Å². The molecule has 5 nitrogen and oxygen atoms in total. The highest BCUT2D eigenvalue weighted by atomic mass is 16.5. The number of hydrogen-bond donors (Lipinski definition) is 1. The Hall–Kier alpha value is -2.17. The standard InChI is InChI=1S/C12H14N2O3/c1-2-17-12(16)11(8-9-15)14-13-10-6-4-3-5-7-10/h3-7,9,13H,2,8H2,1H3. The number of esters is 1. The molecule has 17 heavy (non-hydrogen) atoms. The lowest BCUT2D eigenvalue weighted by Gasteiger charge is -2.04. The Morgan fingerprint density at radius 2 is 2.12 bits per heavy atom. The van der Waals surface area contributed by atoms with Crippen molar-refractivity contribution in [1.82, 2.24) is 0 Å². The molecular weight excluding hydrogens is 220 g/mol. The summed E-state index contributed by atoms with van der Waals surface area (Å²) in [4.78, 5) is 21.8. The first-order valence-corrected chi connectivity index (χ1v) is 5.26. The number of carbonyl (C=O) groups is 2. The summed E-state index contributed by atoms with van der Waals surface area (Å²) in [5, 5.41) is 3.86. The van der Waals surface area contributed by atoms with Gasteiger partial charge in [0, 0.05) is 0 Å². The molecule has 5 heteroatoms. The topological polar surface area (TPSA) is 67.8 Å². The number of para-hydroxylation sites is 1. The summed E-state index contributed by atoms with van der Waals surface area (Å²) in [6.07, 6.45) is 0.543. The van der Waals surface area contributed by atoms with Crippen LogP contribution >= 0.6 is 0 Å². The quantitative estimate of drug-likeness (QED) is 0.351. The molecular formula is C12H14N2O3. The third kappa shape index (κ3) is 4.46. The van der Waals surface area contributed by atoms with Crippen LogP contribution in [-0.2, 0) is 14.3 Å². The minimum atomic E-state index is -0.581. The largest absolute Gasteiger partial charge is 0.461 e. The predicted molar refractivity (Wildman–Crippen MR) is 64.8 cm³/mol. The lowest BCUT2D eigenvalue weighted by molar-refractivity contribution is -0.135. The Bertz CT molecular complexity index is 401. The number of aldehydes is 1. The first kappa shape index (κ1) is 12.9. The molecule has 0 aliphatic carbocycles. The highest BCUT2D eigenvalue weighted by Gasteiger charge is 2.11. The van der Waals surface area contributed by atoms with Gasteiger partial charge in [0.05, 0.1) is 18.7 Å². The van der Waals surface area contributed by atoms with Crippen LogP contribution in [0.25, 0.3) is 0 Å². The minimum Gasteiger partial charge on any atom is -0.461 e. The smallest absolute Gasteiger partial charge is 0.354 e. The third-order valence-electron chi connectivity index (χ3n) is 1.88. The van der Waals surface area contributed by atoms with Crippen molar-refractivity contribution in [2.24, 2.45) is 5.10 Å². The maximum absolute atomic E-state index is 11.4. The summed E-state index contributed by atoms with van der Waals surface area (Å²) in [5.74, 6) is -0.581. The van der Waals surface area contributed by atoms with Gasteiger partial charge in [-0.2, -0.15) is 5.10 Å². The second-order valence-electron chi connectivity index (χ2n) is 3.13. The molecule has 1 rings (SSSR count). The van der Waals surface area contributed by atoms with Crippen LogP contribution in [0.2, 0.25) is 0 Å². The minimum absolute atomic E-state index is 0.0608. The van der Waals surface area contributed by atoms with Crippen LogP contribution in [0.15, 0.2) is 35.4 Å². The summed E-state index contributed by atoms with van der Waals surface area (Å²) in [7, 11) is 0.